The Labute approximate surface area is 159 Å². The van der Waals surface area contributed by atoms with Crippen molar-refractivity contribution in [3.8, 4) is 5.88 Å². The van der Waals surface area contributed by atoms with Crippen LogP contribution >= 0.6 is 0 Å². The van der Waals surface area contributed by atoms with Crippen LogP contribution in [0.4, 0.5) is 13.2 Å². The van der Waals surface area contributed by atoms with E-state index < -0.39 is 17.9 Å². The predicted molar refractivity (Wildman–Crippen MR) is 97.8 cm³/mol. The second kappa shape index (κ2) is 6.78. The zero-order chi connectivity index (χ0) is 19.9. The lowest BCUT2D eigenvalue weighted by Gasteiger charge is -2.27. The molecule has 0 amide bonds. The van der Waals surface area contributed by atoms with Gasteiger partial charge < -0.3 is 4.74 Å². The topological polar surface area (TPSA) is 52.3 Å². The molecule has 0 bridgehead atoms. The summed E-state index contributed by atoms with van der Waals surface area (Å²) in [6.45, 7) is 3.57. The minimum atomic E-state index is -4.40. The summed E-state index contributed by atoms with van der Waals surface area (Å²) in [7, 11) is 0. The molecule has 0 N–H and O–H groups in total. The maximum absolute atomic E-state index is 13.3. The zero-order valence-corrected chi connectivity index (χ0v) is 15.2. The van der Waals surface area contributed by atoms with E-state index >= 15 is 0 Å². The van der Waals surface area contributed by atoms with E-state index in [2.05, 4.69) is 15.3 Å². The van der Waals surface area contributed by atoms with E-state index in [9.17, 15) is 13.2 Å². The first-order valence-corrected chi connectivity index (χ1v) is 8.72. The summed E-state index contributed by atoms with van der Waals surface area (Å²) in [4.78, 5) is 0. The molecule has 1 atom stereocenters. The van der Waals surface area contributed by atoms with Gasteiger partial charge >= 0.3 is 6.18 Å². The maximum Gasteiger partial charge on any atom is 0.412 e. The van der Waals surface area contributed by atoms with Crippen LogP contribution in [0, 0.1) is 13.8 Å². The highest BCUT2D eigenvalue weighted by Crippen LogP contribution is 2.37. The third-order valence-electron chi connectivity index (χ3n) is 4.64. The van der Waals surface area contributed by atoms with Gasteiger partial charge in [-0.05, 0) is 25.0 Å². The quantitative estimate of drug-likeness (QED) is 0.667. The Morgan fingerprint density at radius 1 is 1.07 bits per heavy atom. The Balaban J connectivity index is 1.73. The van der Waals surface area contributed by atoms with Crippen LogP contribution in [-0.4, -0.2) is 32.1 Å². The van der Waals surface area contributed by atoms with Gasteiger partial charge in [0.05, 0.1) is 0 Å². The molecule has 0 aliphatic heterocycles. The summed E-state index contributed by atoms with van der Waals surface area (Å²) in [5, 5.41) is 12.4. The van der Waals surface area contributed by atoms with E-state index in [-0.39, 0.29) is 12.3 Å². The second-order valence-electron chi connectivity index (χ2n) is 6.64. The molecule has 2 aromatic heterocycles. The Morgan fingerprint density at radius 2 is 1.82 bits per heavy atom. The zero-order valence-electron chi connectivity index (χ0n) is 15.2. The van der Waals surface area contributed by atoms with Crippen molar-refractivity contribution in [1.29, 1.82) is 0 Å². The summed E-state index contributed by atoms with van der Waals surface area (Å²) in [5.74, 6) is 0.796. The largest absolute Gasteiger partial charge is 0.468 e. The first kappa shape index (κ1) is 18.2. The van der Waals surface area contributed by atoms with Gasteiger partial charge in [0.15, 0.2) is 11.5 Å². The molecule has 28 heavy (non-hydrogen) atoms. The van der Waals surface area contributed by atoms with Gasteiger partial charge in [-0.15, -0.1) is 15.3 Å². The van der Waals surface area contributed by atoms with Crippen LogP contribution in [0.3, 0.4) is 0 Å². The lowest BCUT2D eigenvalue weighted by molar-refractivity contribution is -0.0959. The molecule has 2 heterocycles. The molecule has 0 saturated carbocycles. The summed E-state index contributed by atoms with van der Waals surface area (Å²) < 4.78 is 47.3. The van der Waals surface area contributed by atoms with Gasteiger partial charge in [0, 0.05) is 23.6 Å². The summed E-state index contributed by atoms with van der Waals surface area (Å²) >= 11 is 0. The average molecular weight is 386 g/mol. The Kier molecular flexibility index (Phi) is 4.41. The van der Waals surface area contributed by atoms with Gasteiger partial charge in [-0.1, -0.05) is 42.5 Å². The lowest BCUT2D eigenvalue weighted by Crippen LogP contribution is -2.27. The maximum atomic E-state index is 13.3. The highest BCUT2D eigenvalue weighted by Gasteiger charge is 2.38. The van der Waals surface area contributed by atoms with Gasteiger partial charge in [-0.25, -0.2) is 0 Å². The molecule has 1 unspecified atom stereocenters. The number of aryl methyl sites for hydroxylation is 2. The van der Waals surface area contributed by atoms with Gasteiger partial charge in [0.1, 0.15) is 6.10 Å². The van der Waals surface area contributed by atoms with Crippen molar-refractivity contribution in [2.75, 3.05) is 0 Å². The molecule has 5 nitrogen and oxygen atoms in total. The van der Waals surface area contributed by atoms with Crippen LogP contribution < -0.4 is 4.74 Å². The number of fused-ring (bicyclic) bond motifs is 1. The fourth-order valence-electron chi connectivity index (χ4n) is 3.21. The number of rotatable bonds is 3. The van der Waals surface area contributed by atoms with Gasteiger partial charge in [0.25, 0.3) is 0 Å². The molecule has 1 aromatic carbocycles. The minimum Gasteiger partial charge on any atom is -0.468 e. The minimum absolute atomic E-state index is 0.225. The van der Waals surface area contributed by atoms with Gasteiger partial charge in [-0.2, -0.15) is 17.7 Å². The summed E-state index contributed by atoms with van der Waals surface area (Å²) in [6.07, 6.45) is -2.91. The third-order valence-corrected chi connectivity index (χ3v) is 4.64. The van der Waals surface area contributed by atoms with Gasteiger partial charge in [0.2, 0.25) is 5.88 Å². The molecule has 0 radical (unpaired) electrons. The molecule has 1 aliphatic carbocycles. The number of hydrogen-bond donors (Lipinski definition) is 0. The van der Waals surface area contributed by atoms with Crippen molar-refractivity contribution in [3.05, 3.63) is 71.1 Å². The van der Waals surface area contributed by atoms with Crippen molar-refractivity contribution in [2.24, 2.45) is 0 Å². The number of allylic oxidation sites excluding steroid dienone is 2. The Hall–Kier alpha value is -3.16. The molecular formula is C20H17F3N4O. The molecule has 0 spiro atoms. The molecule has 4 rings (SSSR count). The standard InChI is InChI=1S/C20H17F3N4O/c1-12-10-18(26-27-13(2)24-25-19(12)27)28-17-11-15(20(21,22)23)8-9-16(17)14-6-4-3-5-7-14/h3-10,17H,11H2,1-2H3. The van der Waals surface area contributed by atoms with Crippen LogP contribution in [0.1, 0.15) is 23.4 Å². The fourth-order valence-corrected chi connectivity index (χ4v) is 3.21. The van der Waals surface area contributed by atoms with Crippen LogP contribution in [0.15, 0.2) is 54.1 Å². The summed E-state index contributed by atoms with van der Waals surface area (Å²) in [6, 6.07) is 10.9. The molecular weight excluding hydrogens is 369 g/mol. The molecule has 8 heteroatoms. The van der Waals surface area contributed by atoms with Crippen molar-refractivity contribution in [3.63, 3.8) is 0 Å². The molecule has 144 valence electrons. The highest BCUT2D eigenvalue weighted by atomic mass is 19.4. The third kappa shape index (κ3) is 3.37. The number of ether oxygens (including phenoxy) is 1. The molecule has 0 fully saturated rings. The van der Waals surface area contributed by atoms with Crippen LogP contribution in [0.5, 0.6) is 5.88 Å². The van der Waals surface area contributed by atoms with Crippen LogP contribution in [0.2, 0.25) is 0 Å². The van der Waals surface area contributed by atoms with Crippen molar-refractivity contribution in [2.45, 2.75) is 32.5 Å². The Morgan fingerprint density at radius 3 is 2.54 bits per heavy atom. The molecule has 1 aliphatic rings. The normalized spacial score (nSPS) is 17.4. The van der Waals surface area contributed by atoms with Crippen LogP contribution in [0.25, 0.3) is 11.2 Å². The van der Waals surface area contributed by atoms with E-state index in [1.165, 1.54) is 10.6 Å². The monoisotopic (exact) mass is 386 g/mol. The first-order chi connectivity index (χ1) is 13.3. The van der Waals surface area contributed by atoms with E-state index in [1.54, 1.807) is 13.0 Å². The number of alkyl halides is 3. The SMILES string of the molecule is Cc1cc(OC2CC(C(F)(F)F)=CC=C2c2ccccc2)nn2c(C)nnc12. The highest BCUT2D eigenvalue weighted by molar-refractivity contribution is 5.72. The van der Waals surface area contributed by atoms with Crippen molar-refractivity contribution >= 4 is 11.2 Å². The Bertz CT molecular complexity index is 1080. The summed E-state index contributed by atoms with van der Waals surface area (Å²) in [5.41, 5.74) is 2.22. The first-order valence-electron chi connectivity index (χ1n) is 8.72. The fraction of sp³-hybridized carbons (Fsp3) is 0.250. The predicted octanol–water partition coefficient (Wildman–Crippen LogP) is 4.46. The van der Waals surface area contributed by atoms with Crippen LogP contribution in [-0.2, 0) is 0 Å². The van der Waals surface area contributed by atoms with E-state index in [0.29, 0.717) is 17.0 Å². The van der Waals surface area contributed by atoms with Crippen molar-refractivity contribution in [1.82, 2.24) is 19.8 Å². The van der Waals surface area contributed by atoms with Crippen molar-refractivity contribution < 1.29 is 17.9 Å². The number of benzene rings is 1. The lowest BCUT2D eigenvalue weighted by atomic mass is 9.90. The second-order valence-corrected chi connectivity index (χ2v) is 6.64. The van der Waals surface area contributed by atoms with E-state index in [4.69, 9.17) is 4.74 Å². The smallest absolute Gasteiger partial charge is 0.412 e. The van der Waals surface area contributed by atoms with Gasteiger partial charge in [-0.3, -0.25) is 0 Å². The van der Waals surface area contributed by atoms with E-state index in [0.717, 1.165) is 17.2 Å². The number of halogens is 3. The number of nitrogens with zero attached hydrogens (tertiary/aromatic N) is 4. The molecule has 0 saturated heterocycles. The number of aromatic nitrogens is 4. The molecule has 3 aromatic rings. The average Bonchev–Trinajstić information content (AvgIpc) is 3.03. The van der Waals surface area contributed by atoms with E-state index in [1.807, 2.05) is 37.3 Å². The number of hydrogen-bond acceptors (Lipinski definition) is 4.